The van der Waals surface area contributed by atoms with Crippen molar-refractivity contribution >= 4 is 33.0 Å². The molecule has 1 aliphatic rings. The molecule has 11 heavy (non-hydrogen) atoms. The van der Waals surface area contributed by atoms with E-state index in [1.165, 1.54) is 14.6 Å². The number of rotatable bonds is 0. The Morgan fingerprint density at radius 2 is 2.09 bits per heavy atom. The number of nitrogens with one attached hydrogen (secondary N) is 1. The summed E-state index contributed by atoms with van der Waals surface area (Å²) in [6, 6.07) is 0. The third-order valence-corrected chi connectivity index (χ3v) is 6.31. The molecule has 56 valence electrons. The Bertz CT molecular complexity index is 338. The summed E-state index contributed by atoms with van der Waals surface area (Å²) < 4.78 is 7.08. The fraction of sp³-hybridized carbons (Fsp3) is 0.429. The Morgan fingerprint density at radius 1 is 1.36 bits per heavy atom. The van der Waals surface area contributed by atoms with Crippen molar-refractivity contribution in [2.75, 3.05) is 3.13 Å². The van der Waals surface area contributed by atoms with Gasteiger partial charge in [-0.05, 0) is 0 Å². The normalized spacial score (nSPS) is 13.5. The van der Waals surface area contributed by atoms with Crippen LogP contribution in [0.25, 0.3) is 0 Å². The summed E-state index contributed by atoms with van der Waals surface area (Å²) in [6.45, 7) is 6.38. The molecular formula is C7H10N3Tl. The molecule has 4 heteroatoms. The first-order chi connectivity index (χ1) is 5.20. The van der Waals surface area contributed by atoms with E-state index in [0.29, 0.717) is 0 Å². The van der Waals surface area contributed by atoms with Crippen LogP contribution in [0.15, 0.2) is 0 Å². The van der Waals surface area contributed by atoms with Gasteiger partial charge in [0.1, 0.15) is 0 Å². The van der Waals surface area contributed by atoms with E-state index in [9.17, 15) is 0 Å². The number of anilines is 1. The molecule has 0 aliphatic carbocycles. The molecule has 0 spiro atoms. The predicted octanol–water partition coefficient (Wildman–Crippen LogP) is 0.543. The van der Waals surface area contributed by atoms with Crippen LogP contribution in [0.1, 0.15) is 18.2 Å². The van der Waals surface area contributed by atoms with Gasteiger partial charge in [-0.2, -0.15) is 0 Å². The molecule has 1 aromatic heterocycles. The molecule has 0 bridgehead atoms. The Hall–Kier alpha value is -0.198. The Labute approximate surface area is 77.9 Å². The van der Waals surface area contributed by atoms with Gasteiger partial charge in [0.2, 0.25) is 0 Å². The zero-order valence-corrected chi connectivity index (χ0v) is 11.5. The summed E-state index contributed by atoms with van der Waals surface area (Å²) in [6.07, 6.45) is 0. The van der Waals surface area contributed by atoms with Gasteiger partial charge in [0.15, 0.2) is 0 Å². The van der Waals surface area contributed by atoms with Gasteiger partial charge < -0.3 is 0 Å². The van der Waals surface area contributed by atoms with Crippen LogP contribution in [0.3, 0.4) is 0 Å². The summed E-state index contributed by atoms with van der Waals surface area (Å²) >= 11 is -0.788. The topological polar surface area (TPSA) is 29.9 Å². The van der Waals surface area contributed by atoms with E-state index in [1.807, 2.05) is 0 Å². The first-order valence-corrected chi connectivity index (χ1v) is 8.19. The molecular weight excluding hydrogens is 330 g/mol. The average Bonchev–Trinajstić information content (AvgIpc) is 2.43. The van der Waals surface area contributed by atoms with Crippen LogP contribution in [-0.4, -0.2) is 37.0 Å². The van der Waals surface area contributed by atoms with E-state index >= 15 is 0 Å². The molecule has 0 amide bonds. The first-order valence-electron chi connectivity index (χ1n) is 3.70. The molecule has 0 fully saturated rings. The average molecular weight is 341 g/mol. The van der Waals surface area contributed by atoms with Crippen molar-refractivity contribution in [2.24, 2.45) is 0 Å². The number of aromatic nitrogens is 2. The van der Waals surface area contributed by atoms with Crippen LogP contribution in [0, 0.1) is 13.8 Å². The van der Waals surface area contributed by atoms with Crippen LogP contribution >= 0.6 is 0 Å². The van der Waals surface area contributed by atoms with Gasteiger partial charge in [-0.1, -0.05) is 0 Å². The summed E-state index contributed by atoms with van der Waals surface area (Å²) in [7, 11) is 0. The number of hydrogen-bond donors (Lipinski definition) is 1. The molecule has 0 saturated carbocycles. The summed E-state index contributed by atoms with van der Waals surface area (Å²) in [4.78, 5) is 0. The van der Waals surface area contributed by atoms with Gasteiger partial charge >= 0.3 is 78.0 Å². The molecule has 1 N–H and O–H groups in total. The van der Waals surface area contributed by atoms with E-state index < -0.39 is 24.0 Å². The zero-order valence-electron chi connectivity index (χ0n) is 6.97. The molecule has 2 rings (SSSR count). The van der Waals surface area contributed by atoms with Crippen molar-refractivity contribution in [1.82, 2.24) is 9.78 Å². The molecule has 0 unspecified atom stereocenters. The second kappa shape index (κ2) is 2.40. The van der Waals surface area contributed by atoms with Crippen molar-refractivity contribution in [1.29, 1.82) is 0 Å². The predicted molar refractivity (Wildman–Crippen MR) is 47.2 cm³/mol. The SMILES string of the molecule is C[C]1=[Tl][NH]c2c(C)c(C)nn21. The maximum absolute atomic E-state index is 4.44. The number of hydrogen-bond acceptors (Lipinski definition) is 2. The van der Waals surface area contributed by atoms with Crippen LogP contribution < -0.4 is 3.13 Å². The van der Waals surface area contributed by atoms with Crippen LogP contribution in [0.2, 0.25) is 0 Å². The number of aryl methyl sites for hydroxylation is 1. The van der Waals surface area contributed by atoms with E-state index in [1.54, 1.807) is 0 Å². The molecule has 2 heterocycles. The monoisotopic (exact) mass is 341 g/mol. The molecule has 0 aromatic carbocycles. The summed E-state index contributed by atoms with van der Waals surface area (Å²) in [5, 5.41) is 4.44. The van der Waals surface area contributed by atoms with Gasteiger partial charge in [-0.3, -0.25) is 0 Å². The van der Waals surface area contributed by atoms with E-state index in [4.69, 9.17) is 0 Å². The van der Waals surface area contributed by atoms with Crippen LogP contribution in [0.4, 0.5) is 5.82 Å². The van der Waals surface area contributed by atoms with Crippen molar-refractivity contribution in [3.8, 4) is 0 Å². The van der Waals surface area contributed by atoms with Gasteiger partial charge in [0.05, 0.1) is 0 Å². The Morgan fingerprint density at radius 3 is 2.73 bits per heavy atom. The van der Waals surface area contributed by atoms with Gasteiger partial charge in [-0.25, -0.2) is 0 Å². The fourth-order valence-electron chi connectivity index (χ4n) is 1.26. The van der Waals surface area contributed by atoms with Crippen molar-refractivity contribution in [3.63, 3.8) is 0 Å². The van der Waals surface area contributed by atoms with Gasteiger partial charge in [0, 0.05) is 0 Å². The van der Waals surface area contributed by atoms with Gasteiger partial charge in [0.25, 0.3) is 0 Å². The zero-order chi connectivity index (χ0) is 8.01. The molecule has 0 atom stereocenters. The third kappa shape index (κ3) is 0.970. The molecule has 1 aromatic rings. The number of fused-ring (bicyclic) bond motifs is 1. The Balaban J connectivity index is 2.65. The second-order valence-corrected chi connectivity index (χ2v) is 8.39. The Kier molecular flexibility index (Phi) is 1.62. The standard InChI is InChI=1S/C7H10N3.Tl/c1-4-10-7(8)5(2)6(3)9-10;/h8H,1-3H3;/q-1;+1. The molecule has 0 radical (unpaired) electrons. The van der Waals surface area contributed by atoms with E-state index in [0.717, 1.165) is 5.69 Å². The maximum atomic E-state index is 4.44. The molecule has 0 saturated heterocycles. The summed E-state index contributed by atoms with van der Waals surface area (Å²) in [5.74, 6) is 1.26. The quantitative estimate of drug-likeness (QED) is 0.699. The molecule has 3 nitrogen and oxygen atoms in total. The molecule has 1 aliphatic heterocycles. The van der Waals surface area contributed by atoms with Crippen molar-refractivity contribution < 1.29 is 0 Å². The van der Waals surface area contributed by atoms with E-state index in [2.05, 4.69) is 33.7 Å². The van der Waals surface area contributed by atoms with E-state index in [-0.39, 0.29) is 0 Å². The minimum atomic E-state index is -0.788. The number of nitrogens with zero attached hydrogens (tertiary/aromatic N) is 2. The summed E-state index contributed by atoms with van der Waals surface area (Å²) in [5.41, 5.74) is 2.47. The second-order valence-electron chi connectivity index (χ2n) is 2.90. The van der Waals surface area contributed by atoms with Gasteiger partial charge in [-0.15, -0.1) is 0 Å². The van der Waals surface area contributed by atoms with Crippen molar-refractivity contribution in [2.45, 2.75) is 20.8 Å². The van der Waals surface area contributed by atoms with Crippen LogP contribution in [0.5, 0.6) is 0 Å². The third-order valence-electron chi connectivity index (χ3n) is 2.11. The fourth-order valence-corrected chi connectivity index (χ4v) is 5.13. The minimum absolute atomic E-state index is 0.788. The first kappa shape index (κ1) is 7.45. The van der Waals surface area contributed by atoms with Crippen LogP contribution in [-0.2, 0) is 0 Å². The van der Waals surface area contributed by atoms with Crippen molar-refractivity contribution in [3.05, 3.63) is 11.3 Å².